The fraction of sp³-hybridized carbons (Fsp3) is 0.632. The molecule has 1 aromatic carbocycles. The van der Waals surface area contributed by atoms with Crippen molar-refractivity contribution in [1.29, 1.82) is 0 Å². The fourth-order valence-corrected chi connectivity index (χ4v) is 3.24. The maximum atomic E-state index is 12.0. The summed E-state index contributed by atoms with van der Waals surface area (Å²) in [5.74, 6) is 0.172. The third kappa shape index (κ3) is 3.52. The van der Waals surface area contributed by atoms with Crippen molar-refractivity contribution in [3.63, 3.8) is 0 Å². The molecule has 0 N–H and O–H groups in total. The maximum absolute atomic E-state index is 12.0. The van der Waals surface area contributed by atoms with Gasteiger partial charge in [-0.15, -0.1) is 0 Å². The first-order valence-corrected chi connectivity index (χ1v) is 8.07. The smallest absolute Gasteiger partial charge is 0.236 e. The number of carbonyl (C=O) groups excluding carboxylic acids is 1. The minimum Gasteiger partial charge on any atom is -0.348 e. The van der Waals surface area contributed by atoms with Crippen molar-refractivity contribution in [3.8, 4) is 0 Å². The summed E-state index contributed by atoms with van der Waals surface area (Å²) < 4.78 is 0. The van der Waals surface area contributed by atoms with Crippen LogP contribution in [-0.4, -0.2) is 42.9 Å². The number of hydrogen-bond donors (Lipinski definition) is 0. The van der Waals surface area contributed by atoms with E-state index in [9.17, 15) is 4.79 Å². The highest BCUT2D eigenvalue weighted by Crippen LogP contribution is 2.35. The van der Waals surface area contributed by atoms with E-state index in [1.165, 1.54) is 16.7 Å². The molecular formula is C19H30N2O. The van der Waals surface area contributed by atoms with Crippen LogP contribution >= 0.6 is 0 Å². The quantitative estimate of drug-likeness (QED) is 0.838. The van der Waals surface area contributed by atoms with Crippen molar-refractivity contribution in [2.24, 2.45) is 0 Å². The summed E-state index contributed by atoms with van der Waals surface area (Å²) in [6.07, 6.45) is 0. The standard InChI is InChI=1S/C19H30N2O/c1-18(2,3)15-8-9-16-14(10-15)11-21(13-19(16,4)5)12-17(22)20(6)7/h8-10H,11-13H2,1-7H3. The normalized spacial score (nSPS) is 18.0. The Bertz CT molecular complexity index is 567. The molecule has 1 aliphatic heterocycles. The number of nitrogens with zero attached hydrogens (tertiary/aromatic N) is 2. The van der Waals surface area contributed by atoms with Gasteiger partial charge in [0, 0.05) is 32.6 Å². The molecule has 22 heavy (non-hydrogen) atoms. The van der Waals surface area contributed by atoms with Gasteiger partial charge in [-0.05, 0) is 22.1 Å². The van der Waals surface area contributed by atoms with Crippen LogP contribution in [0.2, 0.25) is 0 Å². The molecule has 0 saturated carbocycles. The van der Waals surface area contributed by atoms with E-state index in [1.807, 2.05) is 14.1 Å². The van der Waals surface area contributed by atoms with E-state index in [0.29, 0.717) is 6.54 Å². The maximum Gasteiger partial charge on any atom is 0.236 e. The molecule has 1 heterocycles. The first-order valence-electron chi connectivity index (χ1n) is 8.07. The second-order valence-corrected chi connectivity index (χ2v) is 8.44. The molecule has 1 aromatic rings. The number of carbonyl (C=O) groups is 1. The lowest BCUT2D eigenvalue weighted by molar-refractivity contribution is -0.130. The predicted octanol–water partition coefficient (Wildman–Crippen LogP) is 3.17. The third-order valence-electron chi connectivity index (χ3n) is 4.57. The topological polar surface area (TPSA) is 23.6 Å². The van der Waals surface area contributed by atoms with Gasteiger partial charge in [0.2, 0.25) is 5.91 Å². The van der Waals surface area contributed by atoms with Crippen LogP contribution in [0.3, 0.4) is 0 Å². The largest absolute Gasteiger partial charge is 0.348 e. The van der Waals surface area contributed by atoms with Gasteiger partial charge in [-0.25, -0.2) is 0 Å². The Morgan fingerprint density at radius 3 is 2.45 bits per heavy atom. The number of rotatable bonds is 2. The molecule has 0 spiro atoms. The van der Waals surface area contributed by atoms with E-state index in [0.717, 1.165) is 13.1 Å². The van der Waals surface area contributed by atoms with E-state index in [2.05, 4.69) is 57.7 Å². The molecule has 0 unspecified atom stereocenters. The second-order valence-electron chi connectivity index (χ2n) is 8.44. The van der Waals surface area contributed by atoms with E-state index in [-0.39, 0.29) is 16.7 Å². The summed E-state index contributed by atoms with van der Waals surface area (Å²) in [5, 5.41) is 0. The average molecular weight is 302 g/mol. The van der Waals surface area contributed by atoms with Crippen molar-refractivity contribution >= 4 is 5.91 Å². The first-order chi connectivity index (χ1) is 10.0. The third-order valence-corrected chi connectivity index (χ3v) is 4.57. The van der Waals surface area contributed by atoms with Gasteiger partial charge < -0.3 is 4.90 Å². The molecule has 0 aliphatic carbocycles. The monoisotopic (exact) mass is 302 g/mol. The van der Waals surface area contributed by atoms with Gasteiger partial charge >= 0.3 is 0 Å². The molecule has 3 heteroatoms. The zero-order valence-corrected chi connectivity index (χ0v) is 15.2. The number of benzene rings is 1. The SMILES string of the molecule is CN(C)C(=O)CN1Cc2cc(C(C)(C)C)ccc2C(C)(C)C1. The van der Waals surface area contributed by atoms with Crippen LogP contribution in [0.4, 0.5) is 0 Å². The second kappa shape index (κ2) is 5.69. The summed E-state index contributed by atoms with van der Waals surface area (Å²) >= 11 is 0. The highest BCUT2D eigenvalue weighted by molar-refractivity contribution is 5.77. The van der Waals surface area contributed by atoms with Crippen molar-refractivity contribution in [2.75, 3.05) is 27.2 Å². The molecule has 2 rings (SSSR count). The van der Waals surface area contributed by atoms with Gasteiger partial charge in [-0.2, -0.15) is 0 Å². The fourth-order valence-electron chi connectivity index (χ4n) is 3.24. The Balaban J connectivity index is 2.32. The first kappa shape index (κ1) is 17.0. The van der Waals surface area contributed by atoms with Gasteiger partial charge in [0.25, 0.3) is 0 Å². The molecule has 0 fully saturated rings. The predicted molar refractivity (Wildman–Crippen MR) is 92.1 cm³/mol. The van der Waals surface area contributed by atoms with Crippen LogP contribution in [0.1, 0.15) is 51.3 Å². The Hall–Kier alpha value is -1.35. The van der Waals surface area contributed by atoms with Gasteiger partial charge in [-0.1, -0.05) is 52.8 Å². The molecule has 0 aromatic heterocycles. The van der Waals surface area contributed by atoms with E-state index in [4.69, 9.17) is 0 Å². The van der Waals surface area contributed by atoms with Crippen LogP contribution in [-0.2, 0) is 22.2 Å². The summed E-state index contributed by atoms with van der Waals surface area (Å²) in [6.45, 7) is 13.6. The molecule has 1 amide bonds. The number of likely N-dealkylation sites (N-methyl/N-ethyl adjacent to an activating group) is 1. The minimum absolute atomic E-state index is 0.0800. The minimum atomic E-state index is 0.0800. The van der Waals surface area contributed by atoms with Crippen LogP contribution in [0, 0.1) is 0 Å². The lowest BCUT2D eigenvalue weighted by Crippen LogP contribution is -2.46. The molecule has 3 nitrogen and oxygen atoms in total. The molecule has 122 valence electrons. The summed E-state index contributed by atoms with van der Waals surface area (Å²) in [4.78, 5) is 16.0. The number of fused-ring (bicyclic) bond motifs is 1. The van der Waals surface area contributed by atoms with Gasteiger partial charge in [-0.3, -0.25) is 9.69 Å². The zero-order valence-electron chi connectivity index (χ0n) is 15.2. The Morgan fingerprint density at radius 2 is 1.91 bits per heavy atom. The van der Waals surface area contributed by atoms with E-state index < -0.39 is 0 Å². The van der Waals surface area contributed by atoms with Crippen LogP contribution in [0.5, 0.6) is 0 Å². The van der Waals surface area contributed by atoms with Crippen molar-refractivity contribution in [3.05, 3.63) is 34.9 Å². The Labute approximate surface area is 135 Å². The highest BCUT2D eigenvalue weighted by atomic mass is 16.2. The molecule has 0 atom stereocenters. The molecule has 0 radical (unpaired) electrons. The molecular weight excluding hydrogens is 272 g/mol. The van der Waals surface area contributed by atoms with Crippen molar-refractivity contribution in [2.45, 2.75) is 52.0 Å². The summed E-state index contributed by atoms with van der Waals surface area (Å²) in [5.41, 5.74) is 4.39. The van der Waals surface area contributed by atoms with Crippen LogP contribution in [0.15, 0.2) is 18.2 Å². The van der Waals surface area contributed by atoms with Crippen molar-refractivity contribution in [1.82, 2.24) is 9.80 Å². The van der Waals surface area contributed by atoms with Gasteiger partial charge in [0.05, 0.1) is 6.54 Å². The average Bonchev–Trinajstić information content (AvgIpc) is 2.35. The lowest BCUT2D eigenvalue weighted by Gasteiger charge is -2.40. The lowest BCUT2D eigenvalue weighted by atomic mass is 9.75. The number of amides is 1. The highest BCUT2D eigenvalue weighted by Gasteiger charge is 2.33. The van der Waals surface area contributed by atoms with Crippen LogP contribution in [0.25, 0.3) is 0 Å². The summed E-state index contributed by atoms with van der Waals surface area (Å²) in [6, 6.07) is 6.89. The van der Waals surface area contributed by atoms with E-state index >= 15 is 0 Å². The zero-order chi connectivity index (χ0) is 16.7. The Morgan fingerprint density at radius 1 is 1.27 bits per heavy atom. The molecule has 1 aliphatic rings. The molecule has 0 bridgehead atoms. The van der Waals surface area contributed by atoms with Gasteiger partial charge in [0.15, 0.2) is 0 Å². The Kier molecular flexibility index (Phi) is 4.40. The van der Waals surface area contributed by atoms with Crippen LogP contribution < -0.4 is 0 Å². The van der Waals surface area contributed by atoms with Crippen molar-refractivity contribution < 1.29 is 4.79 Å². The van der Waals surface area contributed by atoms with E-state index in [1.54, 1.807) is 4.90 Å². The number of hydrogen-bond acceptors (Lipinski definition) is 2. The molecule has 0 saturated heterocycles. The summed E-state index contributed by atoms with van der Waals surface area (Å²) in [7, 11) is 3.64. The van der Waals surface area contributed by atoms with Gasteiger partial charge in [0.1, 0.15) is 0 Å².